The quantitative estimate of drug-likeness (QED) is 0.735. The first-order valence-electron chi connectivity index (χ1n) is 3.41. The highest BCUT2D eigenvalue weighted by molar-refractivity contribution is 9.10. The van der Waals surface area contributed by atoms with Crippen molar-refractivity contribution in [1.29, 1.82) is 0 Å². The molecule has 0 bridgehead atoms. The zero-order chi connectivity index (χ0) is 9.14. The summed E-state index contributed by atoms with van der Waals surface area (Å²) >= 11 is 3.23. The number of aromatic amines is 1. The average molecular weight is 233 g/mol. The van der Waals surface area contributed by atoms with Crippen molar-refractivity contribution >= 4 is 21.9 Å². The fourth-order valence-corrected chi connectivity index (χ4v) is 1.50. The summed E-state index contributed by atoms with van der Waals surface area (Å²) in [5.74, 6) is -0.893. The third kappa shape index (κ3) is 2.09. The normalized spacial score (nSPS) is 12.8. The highest BCUT2D eigenvalue weighted by Crippen LogP contribution is 2.22. The zero-order valence-corrected chi connectivity index (χ0v) is 7.84. The maximum absolute atomic E-state index is 10.3. The van der Waals surface area contributed by atoms with Crippen LogP contribution in [0.2, 0.25) is 0 Å². The van der Waals surface area contributed by atoms with Crippen LogP contribution in [0, 0.1) is 0 Å². The van der Waals surface area contributed by atoms with Crippen LogP contribution in [0.5, 0.6) is 0 Å². The van der Waals surface area contributed by atoms with Crippen molar-refractivity contribution in [3.63, 3.8) is 0 Å². The molecule has 1 heterocycles. The highest BCUT2D eigenvalue weighted by Gasteiger charge is 2.13. The van der Waals surface area contributed by atoms with E-state index in [0.717, 1.165) is 10.2 Å². The summed E-state index contributed by atoms with van der Waals surface area (Å²) in [6.45, 7) is 0. The van der Waals surface area contributed by atoms with E-state index in [1.54, 1.807) is 12.3 Å². The molecule has 0 aliphatic carbocycles. The van der Waals surface area contributed by atoms with E-state index in [0.29, 0.717) is 0 Å². The number of carboxylic acid groups (broad SMARTS) is 1. The predicted molar refractivity (Wildman–Crippen MR) is 47.7 cm³/mol. The summed E-state index contributed by atoms with van der Waals surface area (Å²) < 4.78 is 0.747. The van der Waals surface area contributed by atoms with Crippen molar-refractivity contribution in [2.75, 3.05) is 0 Å². The van der Waals surface area contributed by atoms with Gasteiger partial charge < -0.3 is 15.8 Å². The molecule has 0 saturated heterocycles. The zero-order valence-electron chi connectivity index (χ0n) is 6.25. The molecule has 0 fully saturated rings. The van der Waals surface area contributed by atoms with Gasteiger partial charge in [-0.2, -0.15) is 0 Å². The predicted octanol–water partition coefficient (Wildman–Crippen LogP) is 1.25. The van der Waals surface area contributed by atoms with Gasteiger partial charge in [-0.05, 0) is 22.0 Å². The Morgan fingerprint density at radius 3 is 2.92 bits per heavy atom. The van der Waals surface area contributed by atoms with E-state index in [-0.39, 0.29) is 6.42 Å². The fourth-order valence-electron chi connectivity index (χ4n) is 0.946. The molecule has 0 radical (unpaired) electrons. The molecule has 12 heavy (non-hydrogen) atoms. The van der Waals surface area contributed by atoms with Crippen molar-refractivity contribution in [3.05, 3.63) is 22.4 Å². The molecule has 1 aromatic rings. The summed E-state index contributed by atoms with van der Waals surface area (Å²) in [6, 6.07) is 1.31. The second kappa shape index (κ2) is 3.73. The molecule has 66 valence electrons. The molecular weight excluding hydrogens is 224 g/mol. The van der Waals surface area contributed by atoms with Gasteiger partial charge in [0, 0.05) is 17.8 Å². The lowest BCUT2D eigenvalue weighted by atomic mass is 10.1. The Morgan fingerprint density at radius 1 is 1.83 bits per heavy atom. The number of aliphatic carboxylic acids is 1. The molecule has 5 heteroatoms. The topological polar surface area (TPSA) is 79.1 Å². The number of hydrogen-bond donors (Lipinski definition) is 3. The Labute approximate surface area is 77.9 Å². The number of carbonyl (C=O) groups is 1. The Kier molecular flexibility index (Phi) is 2.88. The maximum Gasteiger partial charge on any atom is 0.305 e. The van der Waals surface area contributed by atoms with Gasteiger partial charge in [-0.1, -0.05) is 0 Å². The van der Waals surface area contributed by atoms with Crippen LogP contribution in [0.1, 0.15) is 18.0 Å². The molecule has 1 atom stereocenters. The molecule has 0 amide bonds. The number of halogens is 1. The van der Waals surface area contributed by atoms with Crippen LogP contribution in [-0.4, -0.2) is 16.1 Å². The van der Waals surface area contributed by atoms with E-state index in [4.69, 9.17) is 10.8 Å². The first-order valence-corrected chi connectivity index (χ1v) is 4.20. The number of rotatable bonds is 3. The number of nitrogens with one attached hydrogen (secondary N) is 1. The van der Waals surface area contributed by atoms with Crippen molar-refractivity contribution in [3.8, 4) is 0 Å². The Balaban J connectivity index is 2.71. The van der Waals surface area contributed by atoms with Crippen LogP contribution in [-0.2, 0) is 4.79 Å². The second-order valence-electron chi connectivity index (χ2n) is 2.45. The van der Waals surface area contributed by atoms with Gasteiger partial charge in [0.25, 0.3) is 0 Å². The van der Waals surface area contributed by atoms with E-state index < -0.39 is 12.0 Å². The first-order chi connectivity index (χ1) is 5.61. The summed E-state index contributed by atoms with van der Waals surface area (Å²) in [6.07, 6.45) is 1.65. The lowest BCUT2D eigenvalue weighted by Gasteiger charge is -2.06. The highest BCUT2D eigenvalue weighted by atomic mass is 79.9. The molecular formula is C7H9BrN2O2. The number of hydrogen-bond acceptors (Lipinski definition) is 2. The van der Waals surface area contributed by atoms with Crippen LogP contribution in [0.25, 0.3) is 0 Å². The molecule has 0 unspecified atom stereocenters. The van der Waals surface area contributed by atoms with Crippen LogP contribution in [0.15, 0.2) is 16.9 Å². The molecule has 0 aliphatic heterocycles. The minimum Gasteiger partial charge on any atom is -0.481 e. The Bertz CT molecular complexity index is 285. The largest absolute Gasteiger partial charge is 0.481 e. The first kappa shape index (κ1) is 9.28. The van der Waals surface area contributed by atoms with E-state index in [9.17, 15) is 4.79 Å². The Morgan fingerprint density at radius 2 is 2.50 bits per heavy atom. The molecule has 0 aliphatic rings. The van der Waals surface area contributed by atoms with Crippen LogP contribution in [0.3, 0.4) is 0 Å². The minimum absolute atomic E-state index is 0.0591. The van der Waals surface area contributed by atoms with Crippen molar-refractivity contribution in [2.24, 2.45) is 5.73 Å². The third-order valence-corrected chi connectivity index (χ3v) is 2.21. The molecule has 1 aromatic heterocycles. The van der Waals surface area contributed by atoms with Gasteiger partial charge in [-0.3, -0.25) is 4.79 Å². The van der Waals surface area contributed by atoms with Gasteiger partial charge in [0.05, 0.1) is 11.0 Å². The summed E-state index contributed by atoms with van der Waals surface area (Å²) in [7, 11) is 0. The SMILES string of the molecule is N[C@@H](CC(=O)O)c1cc[nH]c1Br. The molecule has 0 aromatic carbocycles. The standard InChI is InChI=1S/C7H9BrN2O2/c8-7-4(1-2-10-7)5(9)3-6(11)12/h1-2,5,10H,3,9H2,(H,11,12)/t5-/m0/s1. The van der Waals surface area contributed by atoms with E-state index in [2.05, 4.69) is 20.9 Å². The van der Waals surface area contributed by atoms with Crippen LogP contribution >= 0.6 is 15.9 Å². The minimum atomic E-state index is -0.893. The fraction of sp³-hybridized carbons (Fsp3) is 0.286. The smallest absolute Gasteiger partial charge is 0.305 e. The van der Waals surface area contributed by atoms with Gasteiger partial charge in [-0.15, -0.1) is 0 Å². The second-order valence-corrected chi connectivity index (χ2v) is 3.24. The van der Waals surface area contributed by atoms with Crippen molar-refractivity contribution in [2.45, 2.75) is 12.5 Å². The molecule has 1 rings (SSSR count). The van der Waals surface area contributed by atoms with Crippen LogP contribution < -0.4 is 5.73 Å². The third-order valence-electron chi connectivity index (χ3n) is 1.52. The average Bonchev–Trinajstić information content (AvgIpc) is 2.33. The van der Waals surface area contributed by atoms with E-state index >= 15 is 0 Å². The number of H-pyrrole nitrogens is 1. The maximum atomic E-state index is 10.3. The molecule has 0 spiro atoms. The van der Waals surface area contributed by atoms with Gasteiger partial charge in [0.1, 0.15) is 0 Å². The van der Waals surface area contributed by atoms with Gasteiger partial charge in [0.15, 0.2) is 0 Å². The van der Waals surface area contributed by atoms with E-state index in [1.807, 2.05) is 0 Å². The van der Waals surface area contributed by atoms with Gasteiger partial charge in [0.2, 0.25) is 0 Å². The molecule has 0 saturated carbocycles. The van der Waals surface area contributed by atoms with Crippen molar-refractivity contribution < 1.29 is 9.90 Å². The number of aromatic nitrogens is 1. The Hall–Kier alpha value is -0.810. The number of nitrogens with two attached hydrogens (primary N) is 1. The summed E-state index contributed by atoms with van der Waals surface area (Å²) in [5.41, 5.74) is 6.40. The van der Waals surface area contributed by atoms with Gasteiger partial charge in [-0.25, -0.2) is 0 Å². The van der Waals surface area contributed by atoms with Crippen molar-refractivity contribution in [1.82, 2.24) is 4.98 Å². The lowest BCUT2D eigenvalue weighted by Crippen LogP contribution is -2.14. The molecule has 4 N–H and O–H groups in total. The summed E-state index contributed by atoms with van der Waals surface area (Å²) in [4.78, 5) is 13.2. The number of carboxylic acids is 1. The van der Waals surface area contributed by atoms with E-state index in [1.165, 1.54) is 0 Å². The molecule has 4 nitrogen and oxygen atoms in total. The van der Waals surface area contributed by atoms with Gasteiger partial charge >= 0.3 is 5.97 Å². The monoisotopic (exact) mass is 232 g/mol. The lowest BCUT2D eigenvalue weighted by molar-refractivity contribution is -0.137. The van der Waals surface area contributed by atoms with Crippen LogP contribution in [0.4, 0.5) is 0 Å². The summed E-state index contributed by atoms with van der Waals surface area (Å²) in [5, 5.41) is 8.47.